The van der Waals surface area contributed by atoms with Gasteiger partial charge in [0, 0.05) is 25.8 Å². The van der Waals surface area contributed by atoms with Crippen molar-refractivity contribution in [3.05, 3.63) is 24.3 Å². The van der Waals surface area contributed by atoms with E-state index in [-0.39, 0.29) is 0 Å². The maximum atomic E-state index is 5.75. The lowest BCUT2D eigenvalue weighted by atomic mass is 10.3. The average molecular weight is 250 g/mol. The molecule has 1 aromatic rings. The van der Waals surface area contributed by atoms with Crippen molar-refractivity contribution in [2.75, 3.05) is 38.7 Å². The highest BCUT2D eigenvalue weighted by atomic mass is 16.5. The van der Waals surface area contributed by atoms with E-state index in [0.717, 1.165) is 31.9 Å². The highest BCUT2D eigenvalue weighted by Crippen LogP contribution is 2.19. The van der Waals surface area contributed by atoms with Crippen LogP contribution in [0.5, 0.6) is 5.75 Å². The van der Waals surface area contributed by atoms with Crippen LogP contribution in [0, 0.1) is 0 Å². The van der Waals surface area contributed by atoms with Crippen molar-refractivity contribution in [3.63, 3.8) is 0 Å². The van der Waals surface area contributed by atoms with Crippen molar-refractivity contribution in [3.8, 4) is 5.75 Å². The molecule has 0 fully saturated rings. The molecular formula is C15H26N2O. The number of hydrogen-bond acceptors (Lipinski definition) is 3. The molecule has 1 rings (SSSR count). The lowest BCUT2D eigenvalue weighted by molar-refractivity contribution is 0.306. The van der Waals surface area contributed by atoms with Crippen molar-refractivity contribution >= 4 is 5.69 Å². The van der Waals surface area contributed by atoms with Gasteiger partial charge < -0.3 is 15.0 Å². The summed E-state index contributed by atoms with van der Waals surface area (Å²) in [5.41, 5.74) is 1.18. The summed E-state index contributed by atoms with van der Waals surface area (Å²) in [6.45, 7) is 5.19. The zero-order valence-electron chi connectivity index (χ0n) is 11.9. The van der Waals surface area contributed by atoms with Crippen molar-refractivity contribution < 1.29 is 4.74 Å². The number of anilines is 1. The predicted molar refractivity (Wildman–Crippen MR) is 78.7 cm³/mol. The lowest BCUT2D eigenvalue weighted by Gasteiger charge is -2.14. The Morgan fingerprint density at radius 1 is 1.17 bits per heavy atom. The van der Waals surface area contributed by atoms with E-state index >= 15 is 0 Å². The van der Waals surface area contributed by atoms with E-state index in [2.05, 4.69) is 29.3 Å². The van der Waals surface area contributed by atoms with E-state index in [4.69, 9.17) is 4.74 Å². The van der Waals surface area contributed by atoms with Gasteiger partial charge in [0.05, 0.1) is 6.61 Å². The lowest BCUT2D eigenvalue weighted by Crippen LogP contribution is -2.16. The fourth-order valence-corrected chi connectivity index (χ4v) is 1.70. The molecule has 0 aliphatic carbocycles. The topological polar surface area (TPSA) is 24.5 Å². The molecule has 18 heavy (non-hydrogen) atoms. The molecular weight excluding hydrogens is 224 g/mol. The summed E-state index contributed by atoms with van der Waals surface area (Å²) in [5, 5.41) is 3.40. The zero-order valence-corrected chi connectivity index (χ0v) is 11.9. The Labute approximate surface area is 111 Å². The van der Waals surface area contributed by atoms with E-state index in [9.17, 15) is 0 Å². The van der Waals surface area contributed by atoms with Gasteiger partial charge in [-0.25, -0.2) is 0 Å². The molecule has 3 nitrogen and oxygen atoms in total. The molecule has 1 aromatic carbocycles. The first kappa shape index (κ1) is 14.8. The number of ether oxygens (including phenoxy) is 1. The van der Waals surface area contributed by atoms with Gasteiger partial charge in [-0.3, -0.25) is 0 Å². The van der Waals surface area contributed by atoms with Crippen LogP contribution in [0.15, 0.2) is 24.3 Å². The van der Waals surface area contributed by atoms with Crippen molar-refractivity contribution in [2.24, 2.45) is 0 Å². The molecule has 0 aliphatic rings. The van der Waals surface area contributed by atoms with Crippen molar-refractivity contribution in [2.45, 2.75) is 26.2 Å². The molecule has 0 amide bonds. The molecule has 0 saturated heterocycles. The normalized spacial score (nSPS) is 10.4. The van der Waals surface area contributed by atoms with Crippen LogP contribution in [-0.4, -0.2) is 33.8 Å². The summed E-state index contributed by atoms with van der Waals surface area (Å²) < 4.78 is 5.75. The number of benzene rings is 1. The average Bonchev–Trinajstić information content (AvgIpc) is 2.38. The number of nitrogens with one attached hydrogen (secondary N) is 1. The smallest absolute Gasteiger partial charge is 0.121 e. The number of nitrogens with zero attached hydrogens (tertiary/aromatic N) is 1. The van der Waals surface area contributed by atoms with Crippen LogP contribution in [0.4, 0.5) is 5.69 Å². The van der Waals surface area contributed by atoms with E-state index in [0.29, 0.717) is 0 Å². The van der Waals surface area contributed by atoms with Crippen LogP contribution in [0.3, 0.4) is 0 Å². The minimum atomic E-state index is 0.796. The highest BCUT2D eigenvalue weighted by Gasteiger charge is 1.98. The van der Waals surface area contributed by atoms with E-state index in [1.807, 2.05) is 26.2 Å². The van der Waals surface area contributed by atoms with Crippen LogP contribution >= 0.6 is 0 Å². The van der Waals surface area contributed by atoms with E-state index < -0.39 is 0 Å². The Balaban J connectivity index is 2.17. The van der Waals surface area contributed by atoms with Gasteiger partial charge in [0.1, 0.15) is 5.75 Å². The third-order valence-electron chi connectivity index (χ3n) is 2.78. The summed E-state index contributed by atoms with van der Waals surface area (Å²) in [4.78, 5) is 2.08. The second-order valence-corrected chi connectivity index (χ2v) is 4.70. The molecule has 3 heteroatoms. The summed E-state index contributed by atoms with van der Waals surface area (Å²) in [6.07, 6.45) is 3.48. The summed E-state index contributed by atoms with van der Waals surface area (Å²) in [7, 11) is 4.08. The van der Waals surface area contributed by atoms with Gasteiger partial charge >= 0.3 is 0 Å². The first-order chi connectivity index (χ1) is 8.74. The van der Waals surface area contributed by atoms with Gasteiger partial charge in [-0.1, -0.05) is 13.0 Å². The quantitative estimate of drug-likeness (QED) is 0.682. The Hall–Kier alpha value is -1.22. The Morgan fingerprint density at radius 2 is 2.00 bits per heavy atom. The minimum absolute atomic E-state index is 0.796. The molecule has 0 unspecified atom stereocenters. The Bertz CT molecular complexity index is 326. The molecule has 0 heterocycles. The van der Waals surface area contributed by atoms with Crippen molar-refractivity contribution in [1.29, 1.82) is 0 Å². The van der Waals surface area contributed by atoms with Gasteiger partial charge in [0.15, 0.2) is 0 Å². The number of rotatable bonds is 9. The Morgan fingerprint density at radius 3 is 2.72 bits per heavy atom. The minimum Gasteiger partial charge on any atom is -0.494 e. The molecule has 0 atom stereocenters. The van der Waals surface area contributed by atoms with Gasteiger partial charge in [-0.05, 0) is 44.5 Å². The maximum Gasteiger partial charge on any atom is 0.121 e. The van der Waals surface area contributed by atoms with Gasteiger partial charge in [-0.2, -0.15) is 0 Å². The second kappa shape index (κ2) is 8.81. The molecule has 0 saturated carbocycles. The van der Waals surface area contributed by atoms with E-state index in [1.165, 1.54) is 18.5 Å². The fourth-order valence-electron chi connectivity index (χ4n) is 1.70. The third kappa shape index (κ3) is 5.92. The summed E-state index contributed by atoms with van der Waals surface area (Å²) in [6, 6.07) is 8.21. The highest BCUT2D eigenvalue weighted by molar-refractivity contribution is 5.49. The Kier molecular flexibility index (Phi) is 7.26. The van der Waals surface area contributed by atoms with Crippen LogP contribution in [0.25, 0.3) is 0 Å². The zero-order chi connectivity index (χ0) is 13.2. The first-order valence-electron chi connectivity index (χ1n) is 6.85. The first-order valence-corrected chi connectivity index (χ1v) is 6.85. The molecule has 0 radical (unpaired) electrons. The molecule has 0 aromatic heterocycles. The largest absolute Gasteiger partial charge is 0.494 e. The standard InChI is InChI=1S/C15H26N2O/c1-4-10-16-11-5-6-12-18-15-9-7-8-14(13-15)17(2)3/h7-9,13,16H,4-6,10-12H2,1-3H3. The number of unbranched alkanes of at least 4 members (excludes halogenated alkanes) is 1. The van der Waals surface area contributed by atoms with Crippen LogP contribution in [0.1, 0.15) is 26.2 Å². The third-order valence-corrected chi connectivity index (χ3v) is 2.78. The second-order valence-electron chi connectivity index (χ2n) is 4.70. The molecule has 1 N–H and O–H groups in total. The van der Waals surface area contributed by atoms with E-state index in [1.54, 1.807) is 0 Å². The van der Waals surface area contributed by atoms with Crippen molar-refractivity contribution in [1.82, 2.24) is 5.32 Å². The fraction of sp³-hybridized carbons (Fsp3) is 0.600. The monoisotopic (exact) mass is 250 g/mol. The van der Waals surface area contributed by atoms with Crippen LogP contribution in [-0.2, 0) is 0 Å². The summed E-state index contributed by atoms with van der Waals surface area (Å²) in [5.74, 6) is 0.961. The van der Waals surface area contributed by atoms with Gasteiger partial charge in [-0.15, -0.1) is 0 Å². The van der Waals surface area contributed by atoms with Crippen LogP contribution in [0.2, 0.25) is 0 Å². The molecule has 102 valence electrons. The molecule has 0 bridgehead atoms. The predicted octanol–water partition coefficient (Wildman–Crippen LogP) is 2.91. The molecule has 0 aliphatic heterocycles. The van der Waals surface area contributed by atoms with Crippen LogP contribution < -0.4 is 15.0 Å². The number of hydrogen-bond donors (Lipinski definition) is 1. The SMILES string of the molecule is CCCNCCCCOc1cccc(N(C)C)c1. The van der Waals surface area contributed by atoms with Gasteiger partial charge in [0.2, 0.25) is 0 Å². The summed E-state index contributed by atoms with van der Waals surface area (Å²) >= 11 is 0. The molecule has 0 spiro atoms. The van der Waals surface area contributed by atoms with Gasteiger partial charge in [0.25, 0.3) is 0 Å². The maximum absolute atomic E-state index is 5.75.